The topological polar surface area (TPSA) is 83.4 Å². The van der Waals surface area contributed by atoms with Crippen LogP contribution in [0.25, 0.3) is 11.1 Å². The Balaban J connectivity index is 1.40. The standard InChI is InChI=1S/C26H26FN3O3/c27-18-8-4-7-17(13-18)19-9-10-22-24-23(20(15-31)21(29-24)14-30(22)26(19)33)25(32)28-12-11-16-5-2-1-3-6-16/h1-10,13,20-21,23-24,29,31H,11-12,14-15H2,(H,28,32)/t20-,21-,23+,24+/m0/s1. The monoisotopic (exact) mass is 447 g/mol. The van der Waals surface area contributed by atoms with E-state index < -0.39 is 11.7 Å². The molecular weight excluding hydrogens is 421 g/mol. The van der Waals surface area contributed by atoms with Gasteiger partial charge in [-0.2, -0.15) is 0 Å². The fourth-order valence-corrected chi connectivity index (χ4v) is 5.22. The minimum Gasteiger partial charge on any atom is -0.396 e. The van der Waals surface area contributed by atoms with Crippen LogP contribution in [0.15, 0.2) is 71.5 Å². The molecule has 0 saturated carbocycles. The maximum atomic E-state index is 13.7. The van der Waals surface area contributed by atoms with E-state index in [0.717, 1.165) is 17.7 Å². The quantitative estimate of drug-likeness (QED) is 0.541. The number of pyridine rings is 1. The van der Waals surface area contributed by atoms with Crippen molar-refractivity contribution in [1.82, 2.24) is 15.2 Å². The van der Waals surface area contributed by atoms with Crippen LogP contribution in [0.3, 0.4) is 0 Å². The van der Waals surface area contributed by atoms with Gasteiger partial charge in [-0.1, -0.05) is 42.5 Å². The first kappa shape index (κ1) is 21.6. The molecule has 3 N–H and O–H groups in total. The summed E-state index contributed by atoms with van der Waals surface area (Å²) in [4.78, 5) is 26.5. The van der Waals surface area contributed by atoms with Gasteiger partial charge in [0.25, 0.3) is 5.56 Å². The second-order valence-corrected chi connectivity index (χ2v) is 8.75. The van der Waals surface area contributed by atoms with E-state index in [1.807, 2.05) is 36.4 Å². The van der Waals surface area contributed by atoms with Gasteiger partial charge in [-0.25, -0.2) is 4.39 Å². The van der Waals surface area contributed by atoms with Crippen LogP contribution in [0.4, 0.5) is 4.39 Å². The average Bonchev–Trinajstić information content (AvgIpc) is 3.12. The maximum absolute atomic E-state index is 13.7. The Morgan fingerprint density at radius 2 is 1.94 bits per heavy atom. The SMILES string of the molecule is O=C(NCCc1ccccc1)[C@@H]1[C@@H](CO)[C@@H]2Cn3c(ccc(-c4cccc(F)c4)c3=O)[C@H]1N2. The number of carbonyl (C=O) groups is 1. The number of rotatable bonds is 6. The molecular formula is C26H26FN3O3. The van der Waals surface area contributed by atoms with Gasteiger partial charge in [0.2, 0.25) is 5.91 Å². The van der Waals surface area contributed by atoms with Crippen molar-refractivity contribution in [2.75, 3.05) is 13.2 Å². The molecule has 2 aromatic carbocycles. The number of nitrogens with zero attached hydrogens (tertiary/aromatic N) is 1. The smallest absolute Gasteiger partial charge is 0.258 e. The van der Waals surface area contributed by atoms with E-state index >= 15 is 0 Å². The summed E-state index contributed by atoms with van der Waals surface area (Å²) < 4.78 is 15.4. The van der Waals surface area contributed by atoms with Crippen LogP contribution in [-0.4, -0.2) is 34.8 Å². The first-order valence-electron chi connectivity index (χ1n) is 11.2. The van der Waals surface area contributed by atoms with Crippen molar-refractivity contribution in [2.45, 2.75) is 25.0 Å². The summed E-state index contributed by atoms with van der Waals surface area (Å²) in [6, 6.07) is 18.9. The predicted octanol–water partition coefficient (Wildman–Crippen LogP) is 2.26. The van der Waals surface area contributed by atoms with Gasteiger partial charge in [0, 0.05) is 42.9 Å². The number of halogens is 1. The van der Waals surface area contributed by atoms with Crippen LogP contribution in [0.5, 0.6) is 0 Å². The summed E-state index contributed by atoms with van der Waals surface area (Å²) in [6.07, 6.45) is 0.720. The van der Waals surface area contributed by atoms with Crippen molar-refractivity contribution >= 4 is 5.91 Å². The van der Waals surface area contributed by atoms with Crippen LogP contribution in [-0.2, 0) is 17.8 Å². The lowest BCUT2D eigenvalue weighted by molar-refractivity contribution is -0.127. The van der Waals surface area contributed by atoms with E-state index in [1.165, 1.54) is 12.1 Å². The fourth-order valence-electron chi connectivity index (χ4n) is 5.22. The van der Waals surface area contributed by atoms with E-state index in [9.17, 15) is 19.1 Å². The lowest BCUT2D eigenvalue weighted by Crippen LogP contribution is -2.43. The summed E-state index contributed by atoms with van der Waals surface area (Å²) >= 11 is 0. The van der Waals surface area contributed by atoms with E-state index in [1.54, 1.807) is 22.8 Å². The number of hydrogen-bond donors (Lipinski definition) is 3. The molecule has 3 aromatic rings. The molecule has 1 aromatic heterocycles. The number of aliphatic hydroxyl groups excluding tert-OH is 1. The molecule has 170 valence electrons. The van der Waals surface area contributed by atoms with Gasteiger partial charge in [-0.15, -0.1) is 0 Å². The second-order valence-electron chi connectivity index (χ2n) is 8.75. The summed E-state index contributed by atoms with van der Waals surface area (Å²) in [5.41, 5.74) is 2.59. The van der Waals surface area contributed by atoms with Crippen molar-refractivity contribution in [3.05, 3.63) is 94.2 Å². The first-order valence-corrected chi connectivity index (χ1v) is 11.2. The van der Waals surface area contributed by atoms with E-state index in [-0.39, 0.29) is 36.1 Å². The molecule has 0 spiro atoms. The van der Waals surface area contributed by atoms with Crippen molar-refractivity contribution in [2.24, 2.45) is 11.8 Å². The van der Waals surface area contributed by atoms with Gasteiger partial charge in [-0.05, 0) is 41.8 Å². The summed E-state index contributed by atoms with van der Waals surface area (Å²) in [7, 11) is 0. The number of fused-ring (bicyclic) bond motifs is 4. The normalized spacial score (nSPS) is 23.2. The van der Waals surface area contributed by atoms with Crippen molar-refractivity contribution in [1.29, 1.82) is 0 Å². The van der Waals surface area contributed by atoms with Crippen LogP contribution in [0, 0.1) is 17.7 Å². The highest BCUT2D eigenvalue weighted by atomic mass is 19.1. The number of carbonyl (C=O) groups excluding carboxylic acids is 1. The second kappa shape index (κ2) is 8.92. The zero-order valence-corrected chi connectivity index (χ0v) is 18.1. The molecule has 7 heteroatoms. The Morgan fingerprint density at radius 3 is 2.70 bits per heavy atom. The number of nitrogens with one attached hydrogen (secondary N) is 2. The third kappa shape index (κ3) is 3.98. The minimum atomic E-state index is -0.482. The molecule has 0 unspecified atom stereocenters. The van der Waals surface area contributed by atoms with Gasteiger partial charge in [0.1, 0.15) is 5.82 Å². The Hall–Kier alpha value is -3.29. The molecule has 2 bridgehead atoms. The highest BCUT2D eigenvalue weighted by Gasteiger charge is 2.50. The van der Waals surface area contributed by atoms with Gasteiger partial charge >= 0.3 is 0 Å². The molecule has 4 atom stereocenters. The number of aromatic nitrogens is 1. The lowest BCUT2D eigenvalue weighted by Gasteiger charge is -2.28. The number of aliphatic hydroxyl groups is 1. The number of amides is 1. The Bertz CT molecular complexity index is 1230. The van der Waals surface area contributed by atoms with Crippen LogP contribution in [0.2, 0.25) is 0 Å². The van der Waals surface area contributed by atoms with Crippen LogP contribution in [0.1, 0.15) is 17.3 Å². The highest BCUT2D eigenvalue weighted by molar-refractivity contribution is 5.80. The highest BCUT2D eigenvalue weighted by Crippen LogP contribution is 2.41. The van der Waals surface area contributed by atoms with Crippen molar-refractivity contribution < 1.29 is 14.3 Å². The summed E-state index contributed by atoms with van der Waals surface area (Å²) in [5.74, 6) is -1.31. The zero-order chi connectivity index (χ0) is 22.9. The molecule has 1 saturated heterocycles. The molecule has 6 nitrogen and oxygen atoms in total. The molecule has 2 aliphatic rings. The first-order chi connectivity index (χ1) is 16.1. The molecule has 2 aliphatic heterocycles. The Kier molecular flexibility index (Phi) is 5.83. The van der Waals surface area contributed by atoms with Gasteiger partial charge < -0.3 is 20.3 Å². The van der Waals surface area contributed by atoms with Gasteiger partial charge in [-0.3, -0.25) is 9.59 Å². The molecule has 1 fully saturated rings. The van der Waals surface area contributed by atoms with Gasteiger partial charge in [0.15, 0.2) is 0 Å². The third-order valence-electron chi connectivity index (χ3n) is 6.84. The zero-order valence-electron chi connectivity index (χ0n) is 18.1. The third-order valence-corrected chi connectivity index (χ3v) is 6.84. The van der Waals surface area contributed by atoms with E-state index in [0.29, 0.717) is 24.2 Å². The van der Waals surface area contributed by atoms with E-state index in [2.05, 4.69) is 10.6 Å². The van der Waals surface area contributed by atoms with Crippen LogP contribution >= 0.6 is 0 Å². The fraction of sp³-hybridized carbons (Fsp3) is 0.308. The average molecular weight is 448 g/mol. The van der Waals surface area contributed by atoms with Crippen molar-refractivity contribution in [3.63, 3.8) is 0 Å². The molecule has 3 heterocycles. The van der Waals surface area contributed by atoms with Gasteiger partial charge in [0.05, 0.1) is 12.0 Å². The molecule has 5 rings (SSSR count). The number of benzene rings is 2. The maximum Gasteiger partial charge on any atom is 0.258 e. The predicted molar refractivity (Wildman–Crippen MR) is 123 cm³/mol. The summed E-state index contributed by atoms with van der Waals surface area (Å²) in [5, 5.41) is 16.6. The van der Waals surface area contributed by atoms with Crippen molar-refractivity contribution in [3.8, 4) is 11.1 Å². The van der Waals surface area contributed by atoms with E-state index in [4.69, 9.17) is 0 Å². The lowest BCUT2D eigenvalue weighted by atomic mass is 9.86. The molecule has 33 heavy (non-hydrogen) atoms. The van der Waals surface area contributed by atoms with Crippen LogP contribution < -0.4 is 16.2 Å². The Morgan fingerprint density at radius 1 is 1.12 bits per heavy atom. The number of hydrogen-bond acceptors (Lipinski definition) is 4. The summed E-state index contributed by atoms with van der Waals surface area (Å²) in [6.45, 7) is 0.706. The minimum absolute atomic E-state index is 0.125. The largest absolute Gasteiger partial charge is 0.396 e. The molecule has 0 aliphatic carbocycles. The Labute approximate surface area is 191 Å². The molecule has 1 amide bonds. The molecule has 0 radical (unpaired) electrons.